The van der Waals surface area contributed by atoms with Crippen LogP contribution in [0.15, 0.2) is 18.2 Å². The van der Waals surface area contributed by atoms with Gasteiger partial charge in [0.2, 0.25) is 0 Å². The van der Waals surface area contributed by atoms with Crippen LogP contribution in [0.3, 0.4) is 0 Å². The molecule has 1 saturated carbocycles. The number of fused-ring (bicyclic) bond motifs is 2. The van der Waals surface area contributed by atoms with Gasteiger partial charge >= 0.3 is 5.97 Å². The molecule has 3 heteroatoms. The highest BCUT2D eigenvalue weighted by atomic mass is 16.5. The van der Waals surface area contributed by atoms with Gasteiger partial charge in [0.25, 0.3) is 0 Å². The lowest BCUT2D eigenvalue weighted by Gasteiger charge is -2.30. The normalized spacial score (nSPS) is 24.2. The summed E-state index contributed by atoms with van der Waals surface area (Å²) in [5.41, 5.74) is 2.49. The molecule has 0 saturated heterocycles. The summed E-state index contributed by atoms with van der Waals surface area (Å²) in [4.78, 5) is 11.3. The highest BCUT2D eigenvalue weighted by molar-refractivity contribution is 5.78. The van der Waals surface area contributed by atoms with Gasteiger partial charge in [-0.2, -0.15) is 0 Å². The Balaban J connectivity index is 2.11. The first-order valence-corrected chi connectivity index (χ1v) is 6.07. The molecule has 1 aromatic carbocycles. The van der Waals surface area contributed by atoms with Crippen LogP contribution in [0.1, 0.15) is 42.7 Å². The molecule has 1 aromatic rings. The van der Waals surface area contributed by atoms with Crippen molar-refractivity contribution in [3.05, 3.63) is 29.3 Å². The number of carbonyl (C=O) groups is 1. The minimum absolute atomic E-state index is 0.274. The second-order valence-corrected chi connectivity index (χ2v) is 5.16. The van der Waals surface area contributed by atoms with E-state index in [0.717, 1.165) is 24.2 Å². The Morgan fingerprint density at radius 1 is 1.41 bits per heavy atom. The fraction of sp³-hybridized carbons (Fsp3) is 0.500. The lowest BCUT2D eigenvalue weighted by molar-refractivity contribution is -0.139. The first-order valence-electron chi connectivity index (χ1n) is 6.07. The van der Waals surface area contributed by atoms with Crippen molar-refractivity contribution in [2.24, 2.45) is 0 Å². The number of carboxylic acids is 1. The van der Waals surface area contributed by atoms with Gasteiger partial charge in [0.15, 0.2) is 0 Å². The Morgan fingerprint density at radius 3 is 2.76 bits per heavy atom. The predicted octanol–water partition coefficient (Wildman–Crippen LogP) is 2.69. The third-order valence-corrected chi connectivity index (χ3v) is 4.27. The third-order valence-electron chi connectivity index (χ3n) is 4.27. The van der Waals surface area contributed by atoms with Crippen molar-refractivity contribution in [1.29, 1.82) is 0 Å². The lowest BCUT2D eigenvalue weighted by atomic mass is 9.74. The Bertz CT molecular complexity index is 474. The Labute approximate surface area is 100 Å². The summed E-state index contributed by atoms with van der Waals surface area (Å²) in [6.07, 6.45) is 4.16. The molecular weight excluding hydrogens is 216 g/mol. The van der Waals surface area contributed by atoms with Crippen LogP contribution < -0.4 is 4.74 Å². The zero-order chi connectivity index (χ0) is 12.0. The average molecular weight is 232 g/mol. The molecule has 1 N–H and O–H groups in total. The maximum absolute atomic E-state index is 11.3. The number of hydrogen-bond acceptors (Lipinski definition) is 2. The topological polar surface area (TPSA) is 46.5 Å². The molecule has 0 aromatic heterocycles. The van der Waals surface area contributed by atoms with Crippen LogP contribution in [0.5, 0.6) is 5.75 Å². The van der Waals surface area contributed by atoms with E-state index in [4.69, 9.17) is 4.74 Å². The van der Waals surface area contributed by atoms with Crippen molar-refractivity contribution in [1.82, 2.24) is 0 Å². The van der Waals surface area contributed by atoms with E-state index in [1.807, 2.05) is 18.2 Å². The van der Waals surface area contributed by atoms with E-state index in [1.54, 1.807) is 7.11 Å². The smallest absolute Gasteiger partial charge is 0.310 e. The number of hydrogen-bond donors (Lipinski definition) is 1. The zero-order valence-electron chi connectivity index (χ0n) is 9.90. The molecule has 17 heavy (non-hydrogen) atoms. The van der Waals surface area contributed by atoms with Gasteiger partial charge in [-0.05, 0) is 54.4 Å². The average Bonchev–Trinajstić information content (AvgIpc) is 3.10. The molecule has 3 rings (SSSR count). The quantitative estimate of drug-likeness (QED) is 0.852. The van der Waals surface area contributed by atoms with Crippen LogP contribution in [0.4, 0.5) is 0 Å². The molecule has 0 amide bonds. The van der Waals surface area contributed by atoms with Gasteiger partial charge in [-0.1, -0.05) is 6.07 Å². The summed E-state index contributed by atoms with van der Waals surface area (Å²) in [6, 6.07) is 5.85. The molecule has 90 valence electrons. The lowest BCUT2D eigenvalue weighted by Crippen LogP contribution is -2.24. The number of benzene rings is 1. The molecule has 0 radical (unpaired) electrons. The highest BCUT2D eigenvalue weighted by Crippen LogP contribution is 2.58. The van der Waals surface area contributed by atoms with Crippen LogP contribution in [0.2, 0.25) is 0 Å². The highest BCUT2D eigenvalue weighted by Gasteiger charge is 2.49. The molecule has 0 aliphatic heterocycles. The van der Waals surface area contributed by atoms with Gasteiger partial charge in [-0.25, -0.2) is 0 Å². The van der Waals surface area contributed by atoms with Crippen LogP contribution >= 0.6 is 0 Å². The van der Waals surface area contributed by atoms with Crippen molar-refractivity contribution in [2.45, 2.75) is 37.0 Å². The van der Waals surface area contributed by atoms with Gasteiger partial charge in [-0.3, -0.25) is 4.79 Å². The van der Waals surface area contributed by atoms with E-state index < -0.39 is 5.97 Å². The van der Waals surface area contributed by atoms with Gasteiger partial charge in [0, 0.05) is 0 Å². The van der Waals surface area contributed by atoms with Gasteiger partial charge in [0.05, 0.1) is 13.0 Å². The second-order valence-electron chi connectivity index (χ2n) is 5.16. The van der Waals surface area contributed by atoms with E-state index in [9.17, 15) is 9.90 Å². The molecule has 3 nitrogen and oxygen atoms in total. The Hall–Kier alpha value is -1.51. The Morgan fingerprint density at radius 2 is 2.18 bits per heavy atom. The van der Waals surface area contributed by atoms with E-state index in [-0.39, 0.29) is 11.3 Å². The zero-order valence-corrected chi connectivity index (χ0v) is 9.90. The monoisotopic (exact) mass is 232 g/mol. The molecule has 2 aliphatic carbocycles. The maximum atomic E-state index is 11.3. The number of aliphatic carboxylic acids is 1. The van der Waals surface area contributed by atoms with Crippen LogP contribution in [0, 0.1) is 0 Å². The van der Waals surface area contributed by atoms with Crippen LogP contribution in [-0.2, 0) is 10.2 Å². The Kier molecular flexibility index (Phi) is 2.18. The minimum Gasteiger partial charge on any atom is -0.497 e. The van der Waals surface area contributed by atoms with Gasteiger partial charge in [0.1, 0.15) is 5.75 Å². The molecule has 2 aliphatic rings. The van der Waals surface area contributed by atoms with Crippen molar-refractivity contribution < 1.29 is 14.6 Å². The summed E-state index contributed by atoms with van der Waals surface area (Å²) in [6.45, 7) is 0. The summed E-state index contributed by atoms with van der Waals surface area (Å²) in [5.74, 6) is -0.199. The number of methoxy groups -OCH3 is 1. The van der Waals surface area contributed by atoms with Crippen molar-refractivity contribution in [2.75, 3.05) is 7.11 Å². The van der Waals surface area contributed by atoms with Gasteiger partial charge < -0.3 is 9.84 Å². The summed E-state index contributed by atoms with van der Waals surface area (Å²) >= 11 is 0. The first kappa shape index (κ1) is 10.6. The summed E-state index contributed by atoms with van der Waals surface area (Å²) in [7, 11) is 1.65. The molecule has 0 heterocycles. The van der Waals surface area contributed by atoms with E-state index in [1.165, 1.54) is 18.4 Å². The summed E-state index contributed by atoms with van der Waals surface area (Å²) < 4.78 is 5.25. The fourth-order valence-electron chi connectivity index (χ4n) is 3.06. The number of carboxylic acid groups (broad SMARTS) is 1. The molecule has 0 bridgehead atoms. The molecule has 1 spiro atoms. The van der Waals surface area contributed by atoms with E-state index >= 15 is 0 Å². The van der Waals surface area contributed by atoms with E-state index in [2.05, 4.69) is 0 Å². The standard InChI is InChI=1S/C14H16O3/c1-17-9-2-3-10-11(13(15)16)4-5-14(6-7-14)12(10)8-9/h2-3,8,11H,4-7H2,1H3,(H,15,16). The second kappa shape index (κ2) is 3.49. The molecular formula is C14H16O3. The minimum atomic E-state index is -0.702. The van der Waals surface area contributed by atoms with Crippen LogP contribution in [0.25, 0.3) is 0 Å². The van der Waals surface area contributed by atoms with Crippen molar-refractivity contribution >= 4 is 5.97 Å². The largest absolute Gasteiger partial charge is 0.497 e. The molecule has 1 unspecified atom stereocenters. The SMILES string of the molecule is COc1ccc2c(c1)C1(CCC2C(=O)O)CC1. The fourth-order valence-corrected chi connectivity index (χ4v) is 3.06. The molecule has 1 atom stereocenters. The number of ether oxygens (including phenoxy) is 1. The number of rotatable bonds is 2. The van der Waals surface area contributed by atoms with Crippen molar-refractivity contribution in [3.63, 3.8) is 0 Å². The van der Waals surface area contributed by atoms with Crippen molar-refractivity contribution in [3.8, 4) is 5.75 Å². The third kappa shape index (κ3) is 1.53. The van der Waals surface area contributed by atoms with E-state index in [0.29, 0.717) is 0 Å². The summed E-state index contributed by atoms with van der Waals surface area (Å²) in [5, 5.41) is 9.27. The van der Waals surface area contributed by atoms with Gasteiger partial charge in [-0.15, -0.1) is 0 Å². The predicted molar refractivity (Wildman–Crippen MR) is 63.5 cm³/mol. The maximum Gasteiger partial charge on any atom is 0.310 e. The first-order chi connectivity index (χ1) is 8.16. The van der Waals surface area contributed by atoms with Crippen LogP contribution in [-0.4, -0.2) is 18.2 Å². The molecule has 1 fully saturated rings.